The van der Waals surface area contributed by atoms with Crippen LogP contribution in [0.4, 0.5) is 0 Å². The number of carbonyl (C=O) groups excluding carboxylic acids is 1. The number of nitrogens with zero attached hydrogens (tertiary/aromatic N) is 2. The number of hydrogen-bond acceptors (Lipinski definition) is 3. The van der Waals surface area contributed by atoms with Crippen molar-refractivity contribution in [3.63, 3.8) is 0 Å². The highest BCUT2D eigenvalue weighted by Crippen LogP contribution is 2.26. The fourth-order valence-electron chi connectivity index (χ4n) is 1.80. The van der Waals surface area contributed by atoms with Crippen molar-refractivity contribution < 1.29 is 9.90 Å². The van der Waals surface area contributed by atoms with Crippen molar-refractivity contribution in [2.24, 2.45) is 0 Å². The van der Waals surface area contributed by atoms with Crippen LogP contribution in [-0.4, -0.2) is 26.8 Å². The van der Waals surface area contributed by atoms with E-state index < -0.39 is 5.60 Å². The molecule has 0 saturated heterocycles. The first-order valence-electron chi connectivity index (χ1n) is 5.85. The quantitative estimate of drug-likeness (QED) is 0.794. The first kappa shape index (κ1) is 14.2. The number of halogens is 1. The van der Waals surface area contributed by atoms with E-state index in [-0.39, 0.29) is 6.42 Å². The molecule has 1 aromatic heterocycles. The molecule has 0 saturated carbocycles. The Bertz CT molecular complexity index is 399. The standard InChI is InChI=1S/C12H19ClN2O2/c1-4-9-11(13)10(15(5-2)14-9)8-12(3,17)6-7-16/h7,17H,4-6,8H2,1-3H3. The number of aldehydes is 1. The van der Waals surface area contributed by atoms with Crippen LogP contribution in [0.15, 0.2) is 0 Å². The monoisotopic (exact) mass is 258 g/mol. The van der Waals surface area contributed by atoms with Gasteiger partial charge in [-0.15, -0.1) is 0 Å². The Morgan fingerprint density at radius 2 is 2.18 bits per heavy atom. The molecule has 5 heteroatoms. The van der Waals surface area contributed by atoms with Crippen molar-refractivity contribution in [1.29, 1.82) is 0 Å². The highest BCUT2D eigenvalue weighted by molar-refractivity contribution is 6.31. The van der Waals surface area contributed by atoms with Crippen LogP contribution in [0.5, 0.6) is 0 Å². The molecule has 0 fully saturated rings. The number of aryl methyl sites for hydroxylation is 2. The third-order valence-electron chi connectivity index (χ3n) is 2.77. The summed E-state index contributed by atoms with van der Waals surface area (Å²) in [7, 11) is 0. The van der Waals surface area contributed by atoms with Crippen LogP contribution in [0, 0.1) is 0 Å². The van der Waals surface area contributed by atoms with Crippen LogP contribution in [-0.2, 0) is 24.2 Å². The number of rotatable bonds is 6. The van der Waals surface area contributed by atoms with Gasteiger partial charge in [-0.05, 0) is 20.3 Å². The molecule has 1 atom stereocenters. The SMILES string of the molecule is CCc1nn(CC)c(CC(C)(O)CC=O)c1Cl. The highest BCUT2D eigenvalue weighted by atomic mass is 35.5. The van der Waals surface area contributed by atoms with Crippen LogP contribution < -0.4 is 0 Å². The lowest BCUT2D eigenvalue weighted by Crippen LogP contribution is -2.29. The van der Waals surface area contributed by atoms with Crippen molar-refractivity contribution in [1.82, 2.24) is 9.78 Å². The zero-order valence-electron chi connectivity index (χ0n) is 10.5. The van der Waals surface area contributed by atoms with Crippen LogP contribution in [0.3, 0.4) is 0 Å². The molecule has 0 spiro atoms. The van der Waals surface area contributed by atoms with Crippen molar-refractivity contribution in [3.8, 4) is 0 Å². The molecular formula is C12H19ClN2O2. The molecule has 1 aromatic rings. The molecule has 17 heavy (non-hydrogen) atoms. The van der Waals surface area contributed by atoms with Gasteiger partial charge in [-0.3, -0.25) is 4.68 Å². The molecule has 1 heterocycles. The predicted octanol–water partition coefficient (Wildman–Crippen LogP) is 2.00. The van der Waals surface area contributed by atoms with Gasteiger partial charge in [-0.2, -0.15) is 5.10 Å². The number of aromatic nitrogens is 2. The summed E-state index contributed by atoms with van der Waals surface area (Å²) in [5, 5.41) is 15.1. The molecule has 96 valence electrons. The van der Waals surface area contributed by atoms with Gasteiger partial charge < -0.3 is 9.90 Å². The lowest BCUT2D eigenvalue weighted by Gasteiger charge is -2.21. The first-order chi connectivity index (χ1) is 7.95. The van der Waals surface area contributed by atoms with E-state index in [1.54, 1.807) is 11.6 Å². The van der Waals surface area contributed by atoms with Gasteiger partial charge in [0.1, 0.15) is 6.29 Å². The molecule has 1 unspecified atom stereocenters. The summed E-state index contributed by atoms with van der Waals surface area (Å²) in [6, 6.07) is 0. The zero-order valence-corrected chi connectivity index (χ0v) is 11.3. The molecule has 0 aliphatic rings. The second kappa shape index (κ2) is 5.65. The first-order valence-corrected chi connectivity index (χ1v) is 6.23. The molecule has 0 aromatic carbocycles. The second-order valence-electron chi connectivity index (χ2n) is 4.42. The minimum Gasteiger partial charge on any atom is -0.389 e. The zero-order chi connectivity index (χ0) is 13.1. The number of aliphatic hydroxyl groups is 1. The highest BCUT2D eigenvalue weighted by Gasteiger charge is 2.25. The van der Waals surface area contributed by atoms with Crippen LogP contribution in [0.2, 0.25) is 5.02 Å². The number of hydrogen-bond donors (Lipinski definition) is 1. The molecule has 0 aliphatic carbocycles. The van der Waals surface area contributed by atoms with Gasteiger partial charge in [0.25, 0.3) is 0 Å². The van der Waals surface area contributed by atoms with E-state index in [4.69, 9.17) is 11.6 Å². The maximum Gasteiger partial charge on any atom is 0.122 e. The Hall–Kier alpha value is -0.870. The topological polar surface area (TPSA) is 55.1 Å². The van der Waals surface area contributed by atoms with E-state index in [1.165, 1.54) is 0 Å². The second-order valence-corrected chi connectivity index (χ2v) is 4.80. The van der Waals surface area contributed by atoms with Gasteiger partial charge >= 0.3 is 0 Å². The smallest absolute Gasteiger partial charge is 0.122 e. The van der Waals surface area contributed by atoms with Crippen LogP contribution in [0.1, 0.15) is 38.6 Å². The summed E-state index contributed by atoms with van der Waals surface area (Å²) in [6.45, 7) is 6.30. The average Bonchev–Trinajstić information content (AvgIpc) is 2.55. The Kier molecular flexibility index (Phi) is 4.71. The van der Waals surface area contributed by atoms with Crippen molar-refractivity contribution in [2.45, 2.75) is 52.2 Å². The molecule has 1 N–H and O–H groups in total. The van der Waals surface area contributed by atoms with E-state index in [9.17, 15) is 9.90 Å². The summed E-state index contributed by atoms with van der Waals surface area (Å²) in [4.78, 5) is 10.5. The summed E-state index contributed by atoms with van der Waals surface area (Å²) >= 11 is 6.23. The van der Waals surface area contributed by atoms with Crippen molar-refractivity contribution in [3.05, 3.63) is 16.4 Å². The Labute approximate surface area is 107 Å². The Morgan fingerprint density at radius 3 is 2.65 bits per heavy atom. The maximum atomic E-state index is 10.5. The maximum absolute atomic E-state index is 10.5. The van der Waals surface area contributed by atoms with Gasteiger partial charge in [0, 0.05) is 19.4 Å². The van der Waals surface area contributed by atoms with E-state index in [2.05, 4.69) is 5.10 Å². The fraction of sp³-hybridized carbons (Fsp3) is 0.667. The van der Waals surface area contributed by atoms with Crippen molar-refractivity contribution >= 4 is 17.9 Å². The fourth-order valence-corrected chi connectivity index (χ4v) is 2.13. The third kappa shape index (κ3) is 3.30. The summed E-state index contributed by atoms with van der Waals surface area (Å²) in [6.07, 6.45) is 1.92. The summed E-state index contributed by atoms with van der Waals surface area (Å²) in [5.74, 6) is 0. The molecular weight excluding hydrogens is 240 g/mol. The largest absolute Gasteiger partial charge is 0.389 e. The van der Waals surface area contributed by atoms with E-state index in [0.717, 1.165) is 24.1 Å². The van der Waals surface area contributed by atoms with Crippen LogP contribution >= 0.6 is 11.6 Å². The van der Waals surface area contributed by atoms with Crippen molar-refractivity contribution in [2.75, 3.05) is 0 Å². The summed E-state index contributed by atoms with van der Waals surface area (Å²) < 4.78 is 1.79. The van der Waals surface area contributed by atoms with E-state index >= 15 is 0 Å². The summed E-state index contributed by atoms with van der Waals surface area (Å²) in [5.41, 5.74) is 0.576. The predicted molar refractivity (Wildman–Crippen MR) is 67.3 cm³/mol. The molecule has 0 amide bonds. The van der Waals surface area contributed by atoms with E-state index in [1.807, 2.05) is 13.8 Å². The molecule has 4 nitrogen and oxygen atoms in total. The van der Waals surface area contributed by atoms with Gasteiger partial charge in [0.15, 0.2) is 0 Å². The minimum atomic E-state index is -1.07. The van der Waals surface area contributed by atoms with E-state index in [0.29, 0.717) is 18.0 Å². The van der Waals surface area contributed by atoms with Gasteiger partial charge in [0.05, 0.1) is 22.0 Å². The van der Waals surface area contributed by atoms with Crippen LogP contribution in [0.25, 0.3) is 0 Å². The lowest BCUT2D eigenvalue weighted by atomic mass is 9.96. The lowest BCUT2D eigenvalue weighted by molar-refractivity contribution is -0.111. The van der Waals surface area contributed by atoms with Gasteiger partial charge in [-0.1, -0.05) is 18.5 Å². The normalized spacial score (nSPS) is 14.6. The molecule has 0 radical (unpaired) electrons. The third-order valence-corrected chi connectivity index (χ3v) is 3.20. The molecule has 0 aliphatic heterocycles. The Morgan fingerprint density at radius 1 is 1.53 bits per heavy atom. The Balaban J connectivity index is 3.04. The number of carbonyl (C=O) groups is 1. The average molecular weight is 259 g/mol. The van der Waals surface area contributed by atoms with Gasteiger partial charge in [-0.25, -0.2) is 0 Å². The van der Waals surface area contributed by atoms with Gasteiger partial charge in [0.2, 0.25) is 0 Å². The molecule has 0 bridgehead atoms. The minimum absolute atomic E-state index is 0.0969. The molecule has 1 rings (SSSR count).